The summed E-state index contributed by atoms with van der Waals surface area (Å²) >= 11 is 1.12. The third kappa shape index (κ3) is 3.03. The summed E-state index contributed by atoms with van der Waals surface area (Å²) in [6, 6.07) is 6.62. The molecule has 2 aromatic rings. The second-order valence-electron chi connectivity index (χ2n) is 4.93. The van der Waals surface area contributed by atoms with Crippen LogP contribution in [0.25, 0.3) is 0 Å². The molecule has 1 aliphatic rings. The number of anilines is 1. The SMILES string of the molecule is O=C(Nc1ccccn1)c1cc(S(=O)(=O)N2CCCC2)cs1. The van der Waals surface area contributed by atoms with Crippen molar-refractivity contribution in [3.05, 3.63) is 40.7 Å². The Hall–Kier alpha value is -1.77. The molecular formula is C14H15N3O3S2. The van der Waals surface area contributed by atoms with E-state index in [0.717, 1.165) is 24.2 Å². The van der Waals surface area contributed by atoms with Crippen molar-refractivity contribution in [3.63, 3.8) is 0 Å². The monoisotopic (exact) mass is 337 g/mol. The first-order valence-electron chi connectivity index (χ1n) is 6.88. The van der Waals surface area contributed by atoms with Crippen molar-refractivity contribution in [3.8, 4) is 0 Å². The molecule has 0 atom stereocenters. The number of nitrogens with one attached hydrogen (secondary N) is 1. The molecule has 1 fully saturated rings. The Morgan fingerprint density at radius 3 is 2.73 bits per heavy atom. The van der Waals surface area contributed by atoms with Crippen molar-refractivity contribution < 1.29 is 13.2 Å². The minimum Gasteiger partial charge on any atom is -0.306 e. The van der Waals surface area contributed by atoms with Crippen LogP contribution >= 0.6 is 11.3 Å². The molecule has 6 nitrogen and oxygen atoms in total. The largest absolute Gasteiger partial charge is 0.306 e. The van der Waals surface area contributed by atoms with Crippen LogP contribution in [-0.2, 0) is 10.0 Å². The Morgan fingerprint density at radius 1 is 1.27 bits per heavy atom. The minimum atomic E-state index is -3.48. The predicted molar refractivity (Wildman–Crippen MR) is 84.5 cm³/mol. The molecule has 1 saturated heterocycles. The lowest BCUT2D eigenvalue weighted by atomic mass is 10.4. The number of amides is 1. The number of aromatic nitrogens is 1. The van der Waals surface area contributed by atoms with Gasteiger partial charge in [-0.25, -0.2) is 13.4 Å². The van der Waals surface area contributed by atoms with Gasteiger partial charge in [0.2, 0.25) is 10.0 Å². The predicted octanol–water partition coefficient (Wildman–Crippen LogP) is 2.18. The van der Waals surface area contributed by atoms with Crippen molar-refractivity contribution in [1.82, 2.24) is 9.29 Å². The molecular weight excluding hydrogens is 322 g/mol. The summed E-state index contributed by atoms with van der Waals surface area (Å²) in [5, 5.41) is 4.16. The van der Waals surface area contributed by atoms with E-state index in [1.807, 2.05) is 0 Å². The fraction of sp³-hybridized carbons (Fsp3) is 0.286. The van der Waals surface area contributed by atoms with Gasteiger partial charge in [0.15, 0.2) is 0 Å². The van der Waals surface area contributed by atoms with Crippen LogP contribution in [0.1, 0.15) is 22.5 Å². The van der Waals surface area contributed by atoms with Crippen molar-refractivity contribution >= 4 is 33.1 Å². The summed E-state index contributed by atoms with van der Waals surface area (Å²) < 4.78 is 26.3. The lowest BCUT2D eigenvalue weighted by Crippen LogP contribution is -2.27. The average molecular weight is 337 g/mol. The molecule has 0 bridgehead atoms. The zero-order valence-corrected chi connectivity index (χ0v) is 13.4. The van der Waals surface area contributed by atoms with Gasteiger partial charge in [-0.2, -0.15) is 4.31 Å². The fourth-order valence-corrected chi connectivity index (χ4v) is 4.94. The van der Waals surface area contributed by atoms with Gasteiger partial charge in [-0.3, -0.25) is 4.79 Å². The summed E-state index contributed by atoms with van der Waals surface area (Å²) in [5.74, 6) is 0.0800. The maximum atomic E-state index is 12.4. The Morgan fingerprint density at radius 2 is 2.05 bits per heavy atom. The van der Waals surface area contributed by atoms with Crippen LogP contribution < -0.4 is 5.32 Å². The summed E-state index contributed by atoms with van der Waals surface area (Å²) in [6.07, 6.45) is 3.35. The molecule has 0 aromatic carbocycles. The molecule has 3 heterocycles. The first kappa shape index (κ1) is 15.1. The van der Waals surface area contributed by atoms with Crippen molar-refractivity contribution in [2.45, 2.75) is 17.7 Å². The Bertz CT molecular complexity index is 766. The lowest BCUT2D eigenvalue weighted by Gasteiger charge is -2.13. The van der Waals surface area contributed by atoms with E-state index in [4.69, 9.17) is 0 Å². The number of pyridine rings is 1. The number of sulfonamides is 1. The van der Waals surface area contributed by atoms with Gasteiger partial charge in [0, 0.05) is 24.7 Å². The topological polar surface area (TPSA) is 79.4 Å². The second-order valence-corrected chi connectivity index (χ2v) is 7.78. The maximum absolute atomic E-state index is 12.4. The molecule has 1 N–H and O–H groups in total. The van der Waals surface area contributed by atoms with Crippen LogP contribution in [0.2, 0.25) is 0 Å². The highest BCUT2D eigenvalue weighted by molar-refractivity contribution is 7.89. The van der Waals surface area contributed by atoms with Crippen molar-refractivity contribution in [1.29, 1.82) is 0 Å². The zero-order chi connectivity index (χ0) is 15.6. The number of nitrogens with zero attached hydrogens (tertiary/aromatic N) is 2. The van der Waals surface area contributed by atoms with E-state index >= 15 is 0 Å². The third-order valence-corrected chi connectivity index (χ3v) is 6.36. The quantitative estimate of drug-likeness (QED) is 0.927. The van der Waals surface area contributed by atoms with E-state index in [0.29, 0.717) is 23.8 Å². The van der Waals surface area contributed by atoms with E-state index in [1.54, 1.807) is 24.4 Å². The number of hydrogen-bond donors (Lipinski definition) is 1. The summed E-state index contributed by atoms with van der Waals surface area (Å²) in [4.78, 5) is 16.7. The summed E-state index contributed by atoms with van der Waals surface area (Å²) in [5.41, 5.74) is 0. The molecule has 1 aliphatic heterocycles. The standard InChI is InChI=1S/C14H15N3O3S2/c18-14(16-13-5-1-2-6-15-13)12-9-11(10-21-12)22(19,20)17-7-3-4-8-17/h1-2,5-6,9-10H,3-4,7-8H2,(H,15,16,18). The van der Waals surface area contributed by atoms with E-state index in [9.17, 15) is 13.2 Å². The van der Waals surface area contributed by atoms with Crippen LogP contribution in [0, 0.1) is 0 Å². The van der Waals surface area contributed by atoms with Gasteiger partial charge in [0.05, 0.1) is 9.77 Å². The van der Waals surface area contributed by atoms with Gasteiger partial charge in [-0.1, -0.05) is 6.07 Å². The maximum Gasteiger partial charge on any atom is 0.266 e. The first-order valence-corrected chi connectivity index (χ1v) is 9.20. The average Bonchev–Trinajstić information content (AvgIpc) is 3.20. The number of thiophene rings is 1. The molecule has 2 aromatic heterocycles. The highest BCUT2D eigenvalue weighted by Crippen LogP contribution is 2.25. The van der Waals surface area contributed by atoms with Gasteiger partial charge in [-0.05, 0) is 31.0 Å². The minimum absolute atomic E-state index is 0.186. The Balaban J connectivity index is 1.77. The number of rotatable bonds is 4. The molecule has 0 aliphatic carbocycles. The molecule has 0 radical (unpaired) electrons. The Kier molecular flexibility index (Phi) is 4.23. The van der Waals surface area contributed by atoms with Gasteiger partial charge >= 0.3 is 0 Å². The van der Waals surface area contributed by atoms with E-state index in [2.05, 4.69) is 10.3 Å². The van der Waals surface area contributed by atoms with Gasteiger partial charge in [-0.15, -0.1) is 11.3 Å². The van der Waals surface area contributed by atoms with Crippen molar-refractivity contribution in [2.24, 2.45) is 0 Å². The number of carbonyl (C=O) groups excluding carboxylic acids is 1. The van der Waals surface area contributed by atoms with Crippen LogP contribution in [0.15, 0.2) is 40.7 Å². The molecule has 3 rings (SSSR count). The van der Waals surface area contributed by atoms with Crippen LogP contribution in [0.3, 0.4) is 0 Å². The fourth-order valence-electron chi connectivity index (χ4n) is 2.27. The van der Waals surface area contributed by atoms with Gasteiger partial charge in [0.1, 0.15) is 5.82 Å². The highest BCUT2D eigenvalue weighted by atomic mass is 32.2. The van der Waals surface area contributed by atoms with E-state index < -0.39 is 10.0 Å². The summed E-state index contributed by atoms with van der Waals surface area (Å²) in [7, 11) is -3.48. The molecule has 22 heavy (non-hydrogen) atoms. The zero-order valence-electron chi connectivity index (χ0n) is 11.7. The van der Waals surface area contributed by atoms with Crippen LogP contribution in [0.4, 0.5) is 5.82 Å². The van der Waals surface area contributed by atoms with Crippen LogP contribution in [-0.4, -0.2) is 36.7 Å². The normalized spacial score (nSPS) is 15.8. The molecule has 116 valence electrons. The van der Waals surface area contributed by atoms with Crippen LogP contribution in [0.5, 0.6) is 0 Å². The highest BCUT2D eigenvalue weighted by Gasteiger charge is 2.28. The molecule has 0 unspecified atom stereocenters. The van der Waals surface area contributed by atoms with E-state index in [-0.39, 0.29) is 10.8 Å². The van der Waals surface area contributed by atoms with Gasteiger partial charge in [0.25, 0.3) is 5.91 Å². The smallest absolute Gasteiger partial charge is 0.266 e. The van der Waals surface area contributed by atoms with Crippen molar-refractivity contribution in [2.75, 3.05) is 18.4 Å². The molecule has 0 spiro atoms. The Labute approximate surface area is 132 Å². The molecule has 8 heteroatoms. The molecule has 1 amide bonds. The summed E-state index contributed by atoms with van der Waals surface area (Å²) in [6.45, 7) is 1.10. The third-order valence-electron chi connectivity index (χ3n) is 3.41. The van der Waals surface area contributed by atoms with E-state index in [1.165, 1.54) is 15.8 Å². The van der Waals surface area contributed by atoms with Gasteiger partial charge < -0.3 is 5.32 Å². The number of carbonyl (C=O) groups is 1. The lowest BCUT2D eigenvalue weighted by molar-refractivity contribution is 0.103. The second kappa shape index (κ2) is 6.15. The number of hydrogen-bond acceptors (Lipinski definition) is 5. The first-order chi connectivity index (χ1) is 10.6. The molecule has 0 saturated carbocycles.